The summed E-state index contributed by atoms with van der Waals surface area (Å²) in [7, 11) is 0. The van der Waals surface area contributed by atoms with E-state index in [9.17, 15) is 5.11 Å². The molecule has 0 aromatic heterocycles. The van der Waals surface area contributed by atoms with Crippen molar-refractivity contribution in [3.8, 4) is 5.75 Å². The van der Waals surface area contributed by atoms with Crippen molar-refractivity contribution in [1.82, 2.24) is 5.32 Å². The predicted molar refractivity (Wildman–Crippen MR) is 80.5 cm³/mol. The quantitative estimate of drug-likeness (QED) is 0.880. The van der Waals surface area contributed by atoms with Crippen LogP contribution in [-0.2, 0) is 6.54 Å². The second-order valence-corrected chi connectivity index (χ2v) is 7.47. The van der Waals surface area contributed by atoms with Gasteiger partial charge in [-0.3, -0.25) is 0 Å². The molecule has 4 bridgehead atoms. The monoisotopic (exact) mass is 271 g/mol. The Kier molecular flexibility index (Phi) is 3.03. The highest BCUT2D eigenvalue weighted by atomic mass is 16.3. The largest absolute Gasteiger partial charge is 0.508 e. The summed E-state index contributed by atoms with van der Waals surface area (Å²) < 4.78 is 0. The predicted octanol–water partition coefficient (Wildman–Crippen LogP) is 3.61. The zero-order valence-corrected chi connectivity index (χ0v) is 12.3. The Morgan fingerprint density at radius 3 is 2.30 bits per heavy atom. The van der Waals surface area contributed by atoms with E-state index in [2.05, 4.69) is 17.4 Å². The van der Waals surface area contributed by atoms with Crippen LogP contribution in [-0.4, -0.2) is 11.1 Å². The van der Waals surface area contributed by atoms with Crippen LogP contribution in [0.5, 0.6) is 5.75 Å². The fourth-order valence-corrected chi connectivity index (χ4v) is 5.31. The number of phenols is 1. The first-order valence-electron chi connectivity index (χ1n) is 8.21. The summed E-state index contributed by atoms with van der Waals surface area (Å²) in [6.07, 6.45) is 7.31. The van der Waals surface area contributed by atoms with E-state index in [1.54, 1.807) is 0 Å². The van der Waals surface area contributed by atoms with Crippen molar-refractivity contribution in [1.29, 1.82) is 0 Å². The van der Waals surface area contributed by atoms with Crippen LogP contribution in [0.1, 0.15) is 43.2 Å². The van der Waals surface area contributed by atoms with E-state index in [-0.39, 0.29) is 0 Å². The molecule has 4 aliphatic rings. The lowest BCUT2D eigenvalue weighted by Crippen LogP contribution is -2.54. The van der Waals surface area contributed by atoms with Crippen molar-refractivity contribution >= 4 is 0 Å². The molecule has 2 N–H and O–H groups in total. The molecule has 4 fully saturated rings. The van der Waals surface area contributed by atoms with Crippen LogP contribution in [0.25, 0.3) is 0 Å². The maximum Gasteiger partial charge on any atom is 0.120 e. The maximum atomic E-state index is 10.0. The molecular weight excluding hydrogens is 246 g/mol. The molecule has 2 nitrogen and oxygen atoms in total. The molecular formula is C18H25NO. The number of hydrogen-bond donors (Lipinski definition) is 2. The average Bonchev–Trinajstić information content (AvgIpc) is 2.39. The average molecular weight is 271 g/mol. The fraction of sp³-hybridized carbons (Fsp3) is 0.667. The summed E-state index contributed by atoms with van der Waals surface area (Å²) >= 11 is 0. The molecule has 0 radical (unpaired) electrons. The summed E-state index contributed by atoms with van der Waals surface area (Å²) in [6.45, 7) is 2.84. The van der Waals surface area contributed by atoms with Gasteiger partial charge in [0.15, 0.2) is 0 Å². The van der Waals surface area contributed by atoms with Crippen LogP contribution in [0.4, 0.5) is 0 Å². The highest BCUT2D eigenvalue weighted by Crippen LogP contribution is 2.53. The minimum absolute atomic E-state index is 0.446. The first-order chi connectivity index (χ1) is 9.69. The topological polar surface area (TPSA) is 32.3 Å². The van der Waals surface area contributed by atoms with Gasteiger partial charge in [-0.15, -0.1) is 0 Å². The number of nitrogens with one attached hydrogen (secondary N) is 1. The van der Waals surface area contributed by atoms with E-state index in [1.807, 2.05) is 13.0 Å². The van der Waals surface area contributed by atoms with E-state index in [1.165, 1.54) is 32.1 Å². The van der Waals surface area contributed by atoms with E-state index in [4.69, 9.17) is 0 Å². The van der Waals surface area contributed by atoms with Gasteiger partial charge in [-0.2, -0.15) is 0 Å². The van der Waals surface area contributed by atoms with Crippen molar-refractivity contribution in [2.75, 3.05) is 0 Å². The van der Waals surface area contributed by atoms with Crippen molar-refractivity contribution in [2.45, 2.75) is 51.6 Å². The van der Waals surface area contributed by atoms with Gasteiger partial charge in [0.1, 0.15) is 5.75 Å². The van der Waals surface area contributed by atoms with Gasteiger partial charge in [0, 0.05) is 18.2 Å². The smallest absolute Gasteiger partial charge is 0.120 e. The summed E-state index contributed by atoms with van der Waals surface area (Å²) in [6, 6.07) is 6.72. The second kappa shape index (κ2) is 4.77. The molecule has 2 heteroatoms. The van der Waals surface area contributed by atoms with Crippen LogP contribution in [0.2, 0.25) is 0 Å². The first kappa shape index (κ1) is 12.7. The van der Waals surface area contributed by atoms with Crippen molar-refractivity contribution < 1.29 is 5.11 Å². The van der Waals surface area contributed by atoms with Crippen molar-refractivity contribution in [3.05, 3.63) is 29.3 Å². The molecule has 0 heterocycles. The van der Waals surface area contributed by atoms with Crippen LogP contribution < -0.4 is 5.32 Å². The molecule has 1 aromatic carbocycles. The Balaban J connectivity index is 1.44. The molecule has 108 valence electrons. The van der Waals surface area contributed by atoms with E-state index >= 15 is 0 Å². The number of aryl methyl sites for hydroxylation is 1. The maximum absolute atomic E-state index is 10.0. The SMILES string of the molecule is Cc1ccc(CNC2C3CC4CC(C3)CC2C4)c(O)c1. The zero-order valence-electron chi connectivity index (χ0n) is 12.3. The number of rotatable bonds is 3. The van der Waals surface area contributed by atoms with Gasteiger partial charge < -0.3 is 10.4 Å². The third-order valence-electron chi connectivity index (χ3n) is 6.00. The summed E-state index contributed by atoms with van der Waals surface area (Å²) in [5, 5.41) is 13.8. The molecule has 1 aromatic rings. The first-order valence-corrected chi connectivity index (χ1v) is 8.21. The lowest BCUT2D eigenvalue weighted by molar-refractivity contribution is -0.0143. The lowest BCUT2D eigenvalue weighted by Gasteiger charge is -2.54. The fourth-order valence-electron chi connectivity index (χ4n) is 5.31. The minimum Gasteiger partial charge on any atom is -0.508 e. The third-order valence-corrected chi connectivity index (χ3v) is 6.00. The molecule has 5 rings (SSSR count). The van der Waals surface area contributed by atoms with E-state index in [0.29, 0.717) is 11.8 Å². The minimum atomic E-state index is 0.446. The van der Waals surface area contributed by atoms with Crippen molar-refractivity contribution in [2.24, 2.45) is 23.7 Å². The molecule has 0 aliphatic heterocycles. The third kappa shape index (κ3) is 2.14. The van der Waals surface area contributed by atoms with Crippen LogP contribution in [0.15, 0.2) is 18.2 Å². The molecule has 20 heavy (non-hydrogen) atoms. The normalized spacial score (nSPS) is 38.4. The second-order valence-electron chi connectivity index (χ2n) is 7.47. The van der Waals surface area contributed by atoms with Gasteiger partial charge in [-0.1, -0.05) is 12.1 Å². The molecule has 0 unspecified atom stereocenters. The molecule has 4 aliphatic carbocycles. The molecule has 4 saturated carbocycles. The highest BCUT2D eigenvalue weighted by Gasteiger charge is 2.47. The van der Waals surface area contributed by atoms with E-state index < -0.39 is 0 Å². The molecule has 0 amide bonds. The van der Waals surface area contributed by atoms with Gasteiger partial charge in [-0.05, 0) is 74.3 Å². The standard InChI is InChI=1S/C18H25NO/c1-11-2-3-14(17(20)4-11)10-19-18-15-6-12-5-13(8-15)9-16(18)7-12/h2-4,12-13,15-16,18-20H,5-10H2,1H3. The van der Waals surface area contributed by atoms with Crippen LogP contribution in [0.3, 0.4) is 0 Å². The van der Waals surface area contributed by atoms with Crippen LogP contribution in [0, 0.1) is 30.6 Å². The number of hydrogen-bond acceptors (Lipinski definition) is 2. The van der Waals surface area contributed by atoms with Gasteiger partial charge in [0.25, 0.3) is 0 Å². The molecule has 0 atom stereocenters. The number of phenolic OH excluding ortho intramolecular Hbond substituents is 1. The molecule has 0 spiro atoms. The highest BCUT2D eigenvalue weighted by molar-refractivity contribution is 5.35. The Hall–Kier alpha value is -1.02. The Morgan fingerprint density at radius 2 is 1.70 bits per heavy atom. The number of benzene rings is 1. The van der Waals surface area contributed by atoms with Gasteiger partial charge in [0.05, 0.1) is 0 Å². The van der Waals surface area contributed by atoms with Crippen molar-refractivity contribution in [3.63, 3.8) is 0 Å². The summed E-state index contributed by atoms with van der Waals surface area (Å²) in [5.41, 5.74) is 2.17. The Bertz CT molecular complexity index is 482. The Morgan fingerprint density at radius 1 is 1.05 bits per heavy atom. The van der Waals surface area contributed by atoms with E-state index in [0.717, 1.165) is 41.3 Å². The zero-order chi connectivity index (χ0) is 13.7. The summed E-state index contributed by atoms with van der Waals surface area (Å²) in [5.74, 6) is 4.31. The lowest BCUT2D eigenvalue weighted by atomic mass is 9.54. The van der Waals surface area contributed by atoms with Gasteiger partial charge >= 0.3 is 0 Å². The summed E-state index contributed by atoms with van der Waals surface area (Å²) in [4.78, 5) is 0. The van der Waals surface area contributed by atoms with Crippen LogP contribution >= 0.6 is 0 Å². The van der Waals surface area contributed by atoms with Gasteiger partial charge in [-0.25, -0.2) is 0 Å². The van der Waals surface area contributed by atoms with Gasteiger partial charge in [0.2, 0.25) is 0 Å². The molecule has 0 saturated heterocycles. The number of aromatic hydroxyl groups is 1. The Labute approximate surface area is 121 Å².